The van der Waals surface area contributed by atoms with E-state index in [0.29, 0.717) is 0 Å². The van der Waals surface area contributed by atoms with Crippen LogP contribution in [-0.2, 0) is 11.3 Å². The number of pyridine rings is 2. The number of hydrogen-bond donors (Lipinski definition) is 1. The van der Waals surface area contributed by atoms with Gasteiger partial charge in [0.15, 0.2) is 0 Å². The van der Waals surface area contributed by atoms with Gasteiger partial charge in [-0.2, -0.15) is 0 Å². The first-order valence-corrected chi connectivity index (χ1v) is 10.9. The number of carbonyl (C=O) groups excluding carboxylic acids is 1. The highest BCUT2D eigenvalue weighted by Gasteiger charge is 2.38. The van der Waals surface area contributed by atoms with Gasteiger partial charge in [0.1, 0.15) is 0 Å². The van der Waals surface area contributed by atoms with Crippen molar-refractivity contribution in [2.75, 3.05) is 26.2 Å². The lowest BCUT2D eigenvalue weighted by Gasteiger charge is -2.39. The molecule has 6 heteroatoms. The summed E-state index contributed by atoms with van der Waals surface area (Å²) in [5, 5.41) is 2.34. The number of nitrogens with two attached hydrogens (primary N) is 1. The van der Waals surface area contributed by atoms with Gasteiger partial charge in [0.05, 0.1) is 18.8 Å². The molecule has 2 aliphatic rings. The van der Waals surface area contributed by atoms with E-state index in [4.69, 9.17) is 10.7 Å². The predicted octanol–water partition coefficient (Wildman–Crippen LogP) is 3.19. The van der Waals surface area contributed by atoms with Crippen LogP contribution in [0.15, 0.2) is 67.3 Å². The Morgan fingerprint density at radius 1 is 1.10 bits per heavy atom. The molecular formula is C25H27N5O. The summed E-state index contributed by atoms with van der Waals surface area (Å²) in [5.74, 6) is 0.0511. The largest absolute Gasteiger partial charge is 0.371 e. The highest BCUT2D eigenvalue weighted by atomic mass is 16.2. The molecule has 0 unspecified atom stereocenters. The monoisotopic (exact) mass is 413 g/mol. The Bertz CT molecular complexity index is 1120. The van der Waals surface area contributed by atoms with Crippen molar-refractivity contribution in [3.05, 3.63) is 73.0 Å². The summed E-state index contributed by atoms with van der Waals surface area (Å²) in [6.07, 6.45) is 12.2. The maximum atomic E-state index is 11.9. The average Bonchev–Trinajstić information content (AvgIpc) is 3.21. The van der Waals surface area contributed by atoms with E-state index < -0.39 is 0 Å². The van der Waals surface area contributed by atoms with E-state index in [1.807, 2.05) is 29.4 Å². The van der Waals surface area contributed by atoms with Crippen molar-refractivity contribution in [1.29, 1.82) is 0 Å². The molecule has 1 aromatic carbocycles. The van der Waals surface area contributed by atoms with E-state index in [9.17, 15) is 4.79 Å². The van der Waals surface area contributed by atoms with E-state index in [2.05, 4.69) is 46.4 Å². The summed E-state index contributed by atoms with van der Waals surface area (Å²) in [6, 6.07) is 12.5. The average molecular weight is 414 g/mol. The van der Waals surface area contributed by atoms with E-state index in [-0.39, 0.29) is 17.9 Å². The zero-order valence-corrected chi connectivity index (χ0v) is 17.6. The Morgan fingerprint density at radius 2 is 1.94 bits per heavy atom. The van der Waals surface area contributed by atoms with Gasteiger partial charge in [-0.3, -0.25) is 14.8 Å². The number of rotatable bonds is 4. The molecule has 158 valence electrons. The van der Waals surface area contributed by atoms with Gasteiger partial charge < -0.3 is 15.5 Å². The molecule has 1 spiro atoms. The number of aromatic nitrogens is 2. The lowest BCUT2D eigenvalue weighted by atomic mass is 9.79. The van der Waals surface area contributed by atoms with Crippen LogP contribution < -0.4 is 5.73 Å². The first-order valence-electron chi connectivity index (χ1n) is 10.9. The second-order valence-corrected chi connectivity index (χ2v) is 8.58. The number of likely N-dealkylation sites (tertiary alicyclic amines) is 1. The van der Waals surface area contributed by atoms with Crippen molar-refractivity contribution in [3.8, 4) is 11.1 Å². The standard InChI is InChI=1S/C25H27N5O/c26-14-23(31)30-12-8-25(9-13-30)7-11-29(18-25)17-22-24(20-5-3-10-27-15-20)21-6-2-1-4-19(21)16-28-22/h1-7,10-11,15-16H,8-9,12-14,17-18,26H2. The molecule has 5 rings (SSSR count). The van der Waals surface area contributed by atoms with Crippen LogP contribution >= 0.6 is 0 Å². The molecule has 0 bridgehead atoms. The number of benzene rings is 1. The fraction of sp³-hybridized carbons (Fsp3) is 0.320. The molecule has 3 aromatic rings. The Morgan fingerprint density at radius 3 is 2.71 bits per heavy atom. The second-order valence-electron chi connectivity index (χ2n) is 8.58. The van der Waals surface area contributed by atoms with Crippen LogP contribution in [0.1, 0.15) is 18.5 Å². The van der Waals surface area contributed by atoms with Gasteiger partial charge in [-0.15, -0.1) is 0 Å². The van der Waals surface area contributed by atoms with Gasteiger partial charge in [0.2, 0.25) is 5.91 Å². The van der Waals surface area contributed by atoms with Gasteiger partial charge in [0, 0.05) is 60.2 Å². The fourth-order valence-electron chi connectivity index (χ4n) is 4.89. The summed E-state index contributed by atoms with van der Waals surface area (Å²) in [7, 11) is 0. The number of piperidine rings is 1. The SMILES string of the molecule is NCC(=O)N1CCC2(C=CN(Cc3ncc4ccccc4c3-c3cccnc3)C2)CC1. The number of amides is 1. The van der Waals surface area contributed by atoms with Crippen molar-refractivity contribution in [2.24, 2.45) is 11.1 Å². The Balaban J connectivity index is 1.39. The maximum Gasteiger partial charge on any atom is 0.236 e. The number of hydrogen-bond acceptors (Lipinski definition) is 5. The van der Waals surface area contributed by atoms with Crippen molar-refractivity contribution in [3.63, 3.8) is 0 Å². The van der Waals surface area contributed by atoms with Crippen molar-refractivity contribution < 1.29 is 4.79 Å². The Kier molecular flexibility index (Phi) is 5.16. The van der Waals surface area contributed by atoms with Crippen LogP contribution in [0.5, 0.6) is 0 Å². The third-order valence-electron chi connectivity index (χ3n) is 6.62. The van der Waals surface area contributed by atoms with Crippen LogP contribution in [0.25, 0.3) is 21.9 Å². The molecule has 1 amide bonds. The van der Waals surface area contributed by atoms with E-state index >= 15 is 0 Å². The van der Waals surface area contributed by atoms with Crippen LogP contribution in [0, 0.1) is 5.41 Å². The predicted molar refractivity (Wildman–Crippen MR) is 122 cm³/mol. The third-order valence-corrected chi connectivity index (χ3v) is 6.62. The first kappa shape index (κ1) is 19.7. The molecule has 4 heterocycles. The number of nitrogens with zero attached hydrogens (tertiary/aromatic N) is 4. The molecular weight excluding hydrogens is 386 g/mol. The fourth-order valence-corrected chi connectivity index (χ4v) is 4.89. The van der Waals surface area contributed by atoms with Crippen LogP contribution in [0.3, 0.4) is 0 Å². The topological polar surface area (TPSA) is 75.4 Å². The van der Waals surface area contributed by atoms with Gasteiger partial charge in [-0.1, -0.05) is 36.4 Å². The highest BCUT2D eigenvalue weighted by Crippen LogP contribution is 2.39. The molecule has 0 atom stereocenters. The van der Waals surface area contributed by atoms with E-state index in [1.54, 1.807) is 6.20 Å². The summed E-state index contributed by atoms with van der Waals surface area (Å²) in [5.41, 5.74) is 8.98. The van der Waals surface area contributed by atoms with Gasteiger partial charge >= 0.3 is 0 Å². The van der Waals surface area contributed by atoms with Crippen molar-refractivity contribution in [1.82, 2.24) is 19.8 Å². The van der Waals surface area contributed by atoms with Crippen LogP contribution in [0.2, 0.25) is 0 Å². The molecule has 2 aromatic heterocycles. The van der Waals surface area contributed by atoms with E-state index in [1.165, 1.54) is 5.39 Å². The lowest BCUT2D eigenvalue weighted by molar-refractivity contribution is -0.131. The molecule has 0 aliphatic carbocycles. The minimum atomic E-state index is 0.0511. The van der Waals surface area contributed by atoms with E-state index in [0.717, 1.165) is 61.2 Å². The number of carbonyl (C=O) groups is 1. The summed E-state index contributed by atoms with van der Waals surface area (Å²) in [6.45, 7) is 3.36. The zero-order valence-electron chi connectivity index (χ0n) is 17.6. The minimum absolute atomic E-state index is 0.0511. The lowest BCUT2D eigenvalue weighted by Crippen LogP contribution is -2.46. The molecule has 0 saturated carbocycles. The molecule has 31 heavy (non-hydrogen) atoms. The van der Waals surface area contributed by atoms with Gasteiger partial charge in [0.25, 0.3) is 0 Å². The summed E-state index contributed by atoms with van der Waals surface area (Å²) >= 11 is 0. The second kappa shape index (κ2) is 8.12. The highest BCUT2D eigenvalue weighted by molar-refractivity contribution is 5.97. The van der Waals surface area contributed by atoms with Gasteiger partial charge in [-0.05, 0) is 30.5 Å². The number of fused-ring (bicyclic) bond motifs is 1. The Labute approximate surface area is 182 Å². The molecule has 0 radical (unpaired) electrons. The molecule has 1 saturated heterocycles. The Hall–Kier alpha value is -3.25. The summed E-state index contributed by atoms with van der Waals surface area (Å²) < 4.78 is 0. The third kappa shape index (κ3) is 3.79. The smallest absolute Gasteiger partial charge is 0.236 e. The minimum Gasteiger partial charge on any atom is -0.371 e. The van der Waals surface area contributed by atoms with Crippen LogP contribution in [0.4, 0.5) is 0 Å². The first-order chi connectivity index (χ1) is 15.2. The van der Waals surface area contributed by atoms with Gasteiger partial charge in [-0.25, -0.2) is 0 Å². The maximum absolute atomic E-state index is 11.9. The summed E-state index contributed by atoms with van der Waals surface area (Å²) in [4.78, 5) is 25.4. The normalized spacial score (nSPS) is 17.6. The molecule has 1 fully saturated rings. The molecule has 2 N–H and O–H groups in total. The quantitative estimate of drug-likeness (QED) is 0.711. The molecule has 6 nitrogen and oxygen atoms in total. The molecule has 2 aliphatic heterocycles. The van der Waals surface area contributed by atoms with Crippen molar-refractivity contribution in [2.45, 2.75) is 19.4 Å². The van der Waals surface area contributed by atoms with Crippen LogP contribution in [-0.4, -0.2) is 51.9 Å². The van der Waals surface area contributed by atoms with Crippen molar-refractivity contribution >= 4 is 16.7 Å². The zero-order chi connectivity index (χ0) is 21.3.